The van der Waals surface area contributed by atoms with Gasteiger partial charge in [0.2, 0.25) is 0 Å². The third kappa shape index (κ3) is 2.69. The molecule has 5 nitrogen and oxygen atoms in total. The predicted octanol–water partition coefficient (Wildman–Crippen LogP) is -0.0214. The van der Waals surface area contributed by atoms with Gasteiger partial charge in [0.15, 0.2) is 0 Å². The van der Waals surface area contributed by atoms with Gasteiger partial charge in [0.05, 0.1) is 25.9 Å². The summed E-state index contributed by atoms with van der Waals surface area (Å²) in [6, 6.07) is 6.99. The summed E-state index contributed by atoms with van der Waals surface area (Å²) in [6.45, 7) is 1.81. The van der Waals surface area contributed by atoms with Crippen molar-refractivity contribution in [3.63, 3.8) is 0 Å². The maximum absolute atomic E-state index is 12.3. The number of carbonyl (C=O) groups is 1. The summed E-state index contributed by atoms with van der Waals surface area (Å²) in [5.74, 6) is -0.0686. The minimum Gasteiger partial charge on any atom is -0.394 e. The van der Waals surface area contributed by atoms with Crippen molar-refractivity contribution >= 4 is 5.91 Å². The minimum atomic E-state index is -0.250. The maximum Gasteiger partial charge on any atom is 0.254 e. The van der Waals surface area contributed by atoms with E-state index in [0.29, 0.717) is 31.9 Å². The number of rotatable bonds is 3. The van der Waals surface area contributed by atoms with Crippen LogP contribution in [-0.2, 0) is 11.3 Å². The molecule has 1 aliphatic rings. The molecule has 98 valence electrons. The van der Waals surface area contributed by atoms with E-state index >= 15 is 0 Å². The molecule has 0 aliphatic carbocycles. The first-order chi connectivity index (χ1) is 8.76. The molecule has 1 aromatic carbocycles. The molecule has 1 unspecified atom stereocenters. The number of aliphatic hydroxyl groups is 1. The van der Waals surface area contributed by atoms with Crippen LogP contribution in [0.25, 0.3) is 0 Å². The van der Waals surface area contributed by atoms with E-state index in [4.69, 9.17) is 10.5 Å². The van der Waals surface area contributed by atoms with Gasteiger partial charge in [-0.25, -0.2) is 0 Å². The summed E-state index contributed by atoms with van der Waals surface area (Å²) in [5.41, 5.74) is 7.13. The summed E-state index contributed by atoms with van der Waals surface area (Å²) in [7, 11) is 0. The molecule has 1 atom stereocenters. The molecular weight excluding hydrogens is 232 g/mol. The molecule has 0 spiro atoms. The second-order valence-electron chi connectivity index (χ2n) is 4.31. The summed E-state index contributed by atoms with van der Waals surface area (Å²) in [6.07, 6.45) is 0. The Balaban J connectivity index is 2.13. The zero-order chi connectivity index (χ0) is 13.0. The fraction of sp³-hybridized carbons (Fsp3) is 0.462. The summed E-state index contributed by atoms with van der Waals surface area (Å²) < 4.78 is 5.26. The molecule has 0 saturated carbocycles. The molecular formula is C13H18N2O3. The number of nitrogens with two attached hydrogens (primary N) is 1. The van der Waals surface area contributed by atoms with E-state index < -0.39 is 0 Å². The summed E-state index contributed by atoms with van der Waals surface area (Å²) in [4.78, 5) is 14.0. The number of amides is 1. The van der Waals surface area contributed by atoms with Crippen molar-refractivity contribution in [3.05, 3.63) is 35.4 Å². The molecule has 1 amide bonds. The lowest BCUT2D eigenvalue weighted by Gasteiger charge is -2.34. The van der Waals surface area contributed by atoms with Crippen LogP contribution in [0.15, 0.2) is 24.3 Å². The average Bonchev–Trinajstić information content (AvgIpc) is 2.46. The highest BCUT2D eigenvalue weighted by atomic mass is 16.5. The number of hydrogen-bond donors (Lipinski definition) is 2. The van der Waals surface area contributed by atoms with Crippen LogP contribution >= 0.6 is 0 Å². The number of benzene rings is 1. The first kappa shape index (κ1) is 13.0. The van der Waals surface area contributed by atoms with Gasteiger partial charge in [-0.3, -0.25) is 4.79 Å². The Morgan fingerprint density at radius 2 is 2.17 bits per heavy atom. The van der Waals surface area contributed by atoms with Gasteiger partial charge in [0.1, 0.15) is 0 Å². The monoisotopic (exact) mass is 250 g/mol. The van der Waals surface area contributed by atoms with Crippen molar-refractivity contribution in [3.8, 4) is 0 Å². The van der Waals surface area contributed by atoms with Crippen LogP contribution in [0.4, 0.5) is 0 Å². The Morgan fingerprint density at radius 3 is 2.78 bits per heavy atom. The third-order valence-electron chi connectivity index (χ3n) is 3.14. The van der Waals surface area contributed by atoms with E-state index in [9.17, 15) is 9.90 Å². The van der Waals surface area contributed by atoms with Crippen LogP contribution in [-0.4, -0.2) is 48.3 Å². The first-order valence-corrected chi connectivity index (χ1v) is 6.05. The smallest absolute Gasteiger partial charge is 0.254 e. The lowest BCUT2D eigenvalue weighted by atomic mass is 10.1. The number of hydrogen-bond acceptors (Lipinski definition) is 4. The van der Waals surface area contributed by atoms with Crippen molar-refractivity contribution in [1.82, 2.24) is 4.90 Å². The van der Waals surface area contributed by atoms with Crippen LogP contribution in [0.2, 0.25) is 0 Å². The SMILES string of the molecule is NCc1ccc(C(=O)N2CCOCC2CO)cc1. The molecule has 0 aromatic heterocycles. The highest BCUT2D eigenvalue weighted by Crippen LogP contribution is 2.13. The highest BCUT2D eigenvalue weighted by molar-refractivity contribution is 5.94. The van der Waals surface area contributed by atoms with Crippen LogP contribution in [0.5, 0.6) is 0 Å². The molecule has 1 heterocycles. The van der Waals surface area contributed by atoms with Crippen LogP contribution in [0.1, 0.15) is 15.9 Å². The van der Waals surface area contributed by atoms with Crippen molar-refractivity contribution in [1.29, 1.82) is 0 Å². The van der Waals surface area contributed by atoms with Crippen molar-refractivity contribution in [2.75, 3.05) is 26.4 Å². The quantitative estimate of drug-likeness (QED) is 0.790. The largest absolute Gasteiger partial charge is 0.394 e. The fourth-order valence-electron chi connectivity index (χ4n) is 2.02. The number of morpholine rings is 1. The van der Waals surface area contributed by atoms with Gasteiger partial charge in [-0.15, -0.1) is 0 Å². The van der Waals surface area contributed by atoms with E-state index in [0.717, 1.165) is 5.56 Å². The van der Waals surface area contributed by atoms with Crippen molar-refractivity contribution < 1.29 is 14.6 Å². The van der Waals surface area contributed by atoms with E-state index in [1.807, 2.05) is 12.1 Å². The maximum atomic E-state index is 12.3. The second kappa shape index (κ2) is 5.95. The molecule has 2 rings (SSSR count). The van der Waals surface area contributed by atoms with E-state index in [-0.39, 0.29) is 18.6 Å². The minimum absolute atomic E-state index is 0.0686. The van der Waals surface area contributed by atoms with E-state index in [1.165, 1.54) is 0 Å². The van der Waals surface area contributed by atoms with E-state index in [1.54, 1.807) is 17.0 Å². The van der Waals surface area contributed by atoms with Crippen LogP contribution in [0.3, 0.4) is 0 Å². The Kier molecular flexibility index (Phi) is 4.30. The van der Waals surface area contributed by atoms with E-state index in [2.05, 4.69) is 0 Å². The third-order valence-corrected chi connectivity index (χ3v) is 3.14. The average molecular weight is 250 g/mol. The molecule has 5 heteroatoms. The van der Waals surface area contributed by atoms with Gasteiger partial charge in [0, 0.05) is 18.7 Å². The van der Waals surface area contributed by atoms with Gasteiger partial charge in [-0.05, 0) is 17.7 Å². The number of ether oxygens (including phenoxy) is 1. The van der Waals surface area contributed by atoms with Crippen LogP contribution < -0.4 is 5.73 Å². The normalized spacial score (nSPS) is 19.9. The van der Waals surface area contributed by atoms with Gasteiger partial charge in [-0.1, -0.05) is 12.1 Å². The summed E-state index contributed by atoms with van der Waals surface area (Å²) in [5, 5.41) is 9.25. The standard InChI is InChI=1S/C13H18N2O3/c14-7-10-1-3-11(4-2-10)13(17)15-5-6-18-9-12(15)8-16/h1-4,12,16H,5-9,14H2. The number of carbonyl (C=O) groups excluding carboxylic acids is 1. The summed E-state index contributed by atoms with van der Waals surface area (Å²) >= 11 is 0. The Bertz CT molecular complexity index is 405. The molecule has 0 bridgehead atoms. The molecule has 0 radical (unpaired) electrons. The number of aliphatic hydroxyl groups excluding tert-OH is 1. The molecule has 1 saturated heterocycles. The first-order valence-electron chi connectivity index (χ1n) is 6.05. The molecule has 3 N–H and O–H groups in total. The lowest BCUT2D eigenvalue weighted by molar-refractivity contribution is -0.0183. The van der Waals surface area contributed by atoms with Gasteiger partial charge in [-0.2, -0.15) is 0 Å². The van der Waals surface area contributed by atoms with Crippen molar-refractivity contribution in [2.24, 2.45) is 5.73 Å². The topological polar surface area (TPSA) is 75.8 Å². The molecule has 1 aromatic rings. The Labute approximate surface area is 106 Å². The number of nitrogens with zero attached hydrogens (tertiary/aromatic N) is 1. The van der Waals surface area contributed by atoms with Crippen LogP contribution in [0, 0.1) is 0 Å². The Hall–Kier alpha value is -1.43. The second-order valence-corrected chi connectivity index (χ2v) is 4.31. The Morgan fingerprint density at radius 1 is 1.44 bits per heavy atom. The predicted molar refractivity (Wildman–Crippen MR) is 67.1 cm³/mol. The molecule has 1 fully saturated rings. The molecule has 1 aliphatic heterocycles. The van der Waals surface area contributed by atoms with Gasteiger partial charge in [0.25, 0.3) is 5.91 Å². The fourth-order valence-corrected chi connectivity index (χ4v) is 2.02. The van der Waals surface area contributed by atoms with Crippen molar-refractivity contribution in [2.45, 2.75) is 12.6 Å². The van der Waals surface area contributed by atoms with Gasteiger partial charge < -0.3 is 20.5 Å². The molecule has 18 heavy (non-hydrogen) atoms. The lowest BCUT2D eigenvalue weighted by Crippen LogP contribution is -2.50. The highest BCUT2D eigenvalue weighted by Gasteiger charge is 2.27. The zero-order valence-corrected chi connectivity index (χ0v) is 10.2. The van der Waals surface area contributed by atoms with Gasteiger partial charge >= 0.3 is 0 Å². The zero-order valence-electron chi connectivity index (χ0n) is 10.2.